The van der Waals surface area contributed by atoms with Gasteiger partial charge < -0.3 is 18.2 Å². The second kappa shape index (κ2) is 11.0. The van der Waals surface area contributed by atoms with Crippen molar-refractivity contribution < 1.29 is 32.6 Å². The zero-order valence-corrected chi connectivity index (χ0v) is 11.6. The molecule has 0 radical (unpaired) electrons. The van der Waals surface area contributed by atoms with Gasteiger partial charge in [0.05, 0.1) is 0 Å². The molecule has 0 rings (SSSR count). The van der Waals surface area contributed by atoms with Crippen molar-refractivity contribution in [2.24, 2.45) is 0 Å². The van der Waals surface area contributed by atoms with Gasteiger partial charge in [-0.25, -0.2) is 0 Å². The van der Waals surface area contributed by atoms with Gasteiger partial charge in [0.15, 0.2) is 0 Å². The summed E-state index contributed by atoms with van der Waals surface area (Å²) >= 11 is 0.917. The second-order valence-electron chi connectivity index (χ2n) is 2.62. The molecule has 0 aliphatic rings. The third kappa shape index (κ3) is 16.0. The smallest absolute Gasteiger partial charge is 1.00 e. The normalized spacial score (nSPS) is 12.2. The van der Waals surface area contributed by atoms with Gasteiger partial charge >= 0.3 is 35.0 Å². The molecule has 3 N–H and O–H groups in total. The molecule has 0 saturated heterocycles. The molecule has 0 aromatic carbocycles. The monoisotopic (exact) mass is 264 g/mol. The maximum Gasteiger partial charge on any atom is 2.00 e. The molecule has 0 amide bonds. The van der Waals surface area contributed by atoms with E-state index in [1.807, 2.05) is 0 Å². The van der Waals surface area contributed by atoms with Crippen LogP contribution in [-0.4, -0.2) is 66.8 Å². The Bertz CT molecular complexity index is 232. The first-order chi connectivity index (χ1) is 6.68. The van der Waals surface area contributed by atoms with Crippen LogP contribution in [0.3, 0.4) is 0 Å². The van der Waals surface area contributed by atoms with Crippen molar-refractivity contribution in [3.63, 3.8) is 0 Å². The Balaban J connectivity index is -0.0000000712. The summed E-state index contributed by atoms with van der Waals surface area (Å²) in [5.74, 6) is -2.80. The van der Waals surface area contributed by atoms with E-state index in [1.54, 1.807) is 0 Å². The number of hydrogen-bond acceptors (Lipinski definition) is 4. The van der Waals surface area contributed by atoms with E-state index in [0.29, 0.717) is 0 Å². The number of carboxylic acid groups (broad SMARTS) is 3. The summed E-state index contributed by atoms with van der Waals surface area (Å²) in [5, 5.41) is 22.9. The zero-order chi connectivity index (χ0) is 12.6. The first kappa shape index (κ1) is 20.9. The van der Waals surface area contributed by atoms with Gasteiger partial charge in [-0.2, -0.15) is 0 Å². The standard InChI is InChI=1S/C6H10O4S.C2H4O2.Mg.2H/c1-3(5(7)8)11-4(2)6(9)10;1-2(3)4;;;/h3-4H,1-2H3,(H,7,8)(H,9,10);1H3,(H,3,4);;;/q;;+2;2*-1. The minimum absolute atomic E-state index is 0. The van der Waals surface area contributed by atoms with E-state index < -0.39 is 28.4 Å². The number of rotatable bonds is 4. The zero-order valence-electron chi connectivity index (χ0n) is 11.3. The van der Waals surface area contributed by atoms with Crippen molar-refractivity contribution in [1.82, 2.24) is 0 Å². The first-order valence-corrected chi connectivity index (χ1v) is 4.93. The summed E-state index contributed by atoms with van der Waals surface area (Å²) in [5.41, 5.74) is 0. The van der Waals surface area contributed by atoms with Gasteiger partial charge in [-0.05, 0) is 13.8 Å². The predicted octanol–water partition coefficient (Wildman–Crippen LogP) is 0.601. The van der Waals surface area contributed by atoms with Crippen LogP contribution in [0.4, 0.5) is 0 Å². The third-order valence-electron chi connectivity index (χ3n) is 1.10. The molecule has 0 spiro atoms. The molecule has 0 aliphatic heterocycles. The summed E-state index contributed by atoms with van der Waals surface area (Å²) in [6.07, 6.45) is 0. The molecule has 8 heteroatoms. The molecule has 6 nitrogen and oxygen atoms in total. The van der Waals surface area contributed by atoms with E-state index >= 15 is 0 Å². The van der Waals surface area contributed by atoms with Gasteiger partial charge in [0.25, 0.3) is 5.97 Å². The molecule has 0 heterocycles. The van der Waals surface area contributed by atoms with Gasteiger partial charge in [0, 0.05) is 6.92 Å². The van der Waals surface area contributed by atoms with Gasteiger partial charge in [-0.1, -0.05) is 0 Å². The van der Waals surface area contributed by atoms with Crippen molar-refractivity contribution >= 4 is 52.7 Å². The molecule has 0 aromatic heterocycles. The Labute approximate surface area is 117 Å². The summed E-state index contributed by atoms with van der Waals surface area (Å²) in [6, 6.07) is 0. The number of thioether (sulfide) groups is 1. The van der Waals surface area contributed by atoms with Crippen molar-refractivity contribution in [3.8, 4) is 0 Å². The van der Waals surface area contributed by atoms with E-state index in [9.17, 15) is 9.59 Å². The first-order valence-electron chi connectivity index (χ1n) is 3.99. The molecule has 0 bridgehead atoms. The van der Waals surface area contributed by atoms with Crippen LogP contribution in [0.5, 0.6) is 0 Å². The third-order valence-corrected chi connectivity index (χ3v) is 2.32. The van der Waals surface area contributed by atoms with Crippen molar-refractivity contribution in [2.45, 2.75) is 31.3 Å². The van der Waals surface area contributed by atoms with Crippen LogP contribution in [-0.2, 0) is 14.4 Å². The molecule has 0 fully saturated rings. The number of carboxylic acids is 3. The Hall–Kier alpha value is -0.474. The Morgan fingerprint density at radius 1 is 1.00 bits per heavy atom. The molecule has 0 aliphatic carbocycles. The SMILES string of the molecule is CC(=O)O.CC(SC(C)C(=O)O)C(=O)O.[H-].[H-].[Mg+2]. The van der Waals surface area contributed by atoms with Gasteiger partial charge in [-0.3, -0.25) is 14.4 Å². The summed E-state index contributed by atoms with van der Waals surface area (Å²) < 4.78 is 0. The van der Waals surface area contributed by atoms with E-state index in [4.69, 9.17) is 20.1 Å². The van der Waals surface area contributed by atoms with Crippen LogP contribution >= 0.6 is 11.8 Å². The number of aliphatic carboxylic acids is 3. The summed E-state index contributed by atoms with van der Waals surface area (Å²) in [4.78, 5) is 29.5. The van der Waals surface area contributed by atoms with Gasteiger partial charge in [0.1, 0.15) is 10.5 Å². The summed E-state index contributed by atoms with van der Waals surface area (Å²) in [7, 11) is 0. The Morgan fingerprint density at radius 3 is 1.31 bits per heavy atom. The maximum atomic E-state index is 10.2. The molecule has 2 atom stereocenters. The van der Waals surface area contributed by atoms with Crippen LogP contribution in [0.25, 0.3) is 0 Å². The van der Waals surface area contributed by atoms with E-state index in [-0.39, 0.29) is 25.9 Å². The maximum absolute atomic E-state index is 10.2. The fraction of sp³-hybridized carbons (Fsp3) is 0.625. The summed E-state index contributed by atoms with van der Waals surface area (Å²) in [6.45, 7) is 4.01. The topological polar surface area (TPSA) is 112 Å². The molecule has 2 unspecified atom stereocenters. The average Bonchev–Trinajstić information content (AvgIpc) is 2.02. The molecular weight excluding hydrogens is 248 g/mol. The van der Waals surface area contributed by atoms with Crippen LogP contribution < -0.4 is 0 Å². The van der Waals surface area contributed by atoms with Crippen LogP contribution in [0, 0.1) is 0 Å². The van der Waals surface area contributed by atoms with Crippen molar-refractivity contribution in [1.29, 1.82) is 0 Å². The molecule has 0 saturated carbocycles. The molecular formula is C8H16MgO6S. The van der Waals surface area contributed by atoms with Crippen molar-refractivity contribution in [3.05, 3.63) is 0 Å². The fourth-order valence-electron chi connectivity index (χ4n) is 0.423. The van der Waals surface area contributed by atoms with Gasteiger partial charge in [0.2, 0.25) is 0 Å². The average molecular weight is 265 g/mol. The molecule has 16 heavy (non-hydrogen) atoms. The Morgan fingerprint density at radius 2 is 1.19 bits per heavy atom. The van der Waals surface area contributed by atoms with E-state index in [2.05, 4.69) is 0 Å². The van der Waals surface area contributed by atoms with Crippen LogP contribution in [0.15, 0.2) is 0 Å². The quantitative estimate of drug-likeness (QED) is 0.637. The largest absolute Gasteiger partial charge is 2.00 e. The predicted molar refractivity (Wildman–Crippen MR) is 63.1 cm³/mol. The Kier molecular flexibility index (Phi) is 14.4. The van der Waals surface area contributed by atoms with Crippen molar-refractivity contribution in [2.75, 3.05) is 0 Å². The van der Waals surface area contributed by atoms with Crippen LogP contribution in [0.2, 0.25) is 0 Å². The fourth-order valence-corrected chi connectivity index (χ4v) is 1.27. The second-order valence-corrected chi connectivity index (χ2v) is 4.30. The number of hydrogen-bond donors (Lipinski definition) is 3. The molecule has 0 aromatic rings. The minimum Gasteiger partial charge on any atom is -1.00 e. The number of carbonyl (C=O) groups is 3. The van der Waals surface area contributed by atoms with Crippen LogP contribution in [0.1, 0.15) is 23.6 Å². The minimum atomic E-state index is -0.983. The van der Waals surface area contributed by atoms with E-state index in [1.165, 1.54) is 13.8 Å². The van der Waals surface area contributed by atoms with E-state index in [0.717, 1.165) is 18.7 Å². The van der Waals surface area contributed by atoms with Gasteiger partial charge in [-0.15, -0.1) is 11.8 Å². The molecule has 92 valence electrons.